The number of halogens is 1. The van der Waals surface area contributed by atoms with Crippen LogP contribution in [0.3, 0.4) is 0 Å². The molecule has 8 heteroatoms. The van der Waals surface area contributed by atoms with Gasteiger partial charge in [0.25, 0.3) is 5.95 Å². The van der Waals surface area contributed by atoms with Crippen LogP contribution in [0.1, 0.15) is 0 Å². The van der Waals surface area contributed by atoms with E-state index in [-0.39, 0.29) is 12.4 Å². The molecule has 1 heterocycles. The Hall–Kier alpha value is -2.04. The minimum Gasteiger partial charge on any atom is -0.351 e. The third kappa shape index (κ3) is 5.42. The quantitative estimate of drug-likeness (QED) is 0.438. The second-order valence-electron chi connectivity index (χ2n) is 3.19. The van der Waals surface area contributed by atoms with Crippen molar-refractivity contribution in [2.24, 2.45) is 0 Å². The number of aromatic nitrogens is 3. The van der Waals surface area contributed by atoms with Crippen LogP contribution in [0.4, 0.5) is 17.8 Å². The van der Waals surface area contributed by atoms with Gasteiger partial charge in [-0.1, -0.05) is 12.0 Å². The van der Waals surface area contributed by atoms with E-state index in [1.165, 1.54) is 12.2 Å². The Kier molecular flexibility index (Phi) is 8.00. The Morgan fingerprint density at radius 3 is 2.53 bits per heavy atom. The van der Waals surface area contributed by atoms with E-state index in [2.05, 4.69) is 38.1 Å². The molecule has 0 saturated heterocycles. The van der Waals surface area contributed by atoms with Gasteiger partial charge in [-0.15, -0.1) is 25.4 Å². The van der Waals surface area contributed by atoms with Crippen molar-refractivity contribution in [3.63, 3.8) is 0 Å². The molecule has 0 unspecified atom stereocenters. The molecule has 0 fully saturated rings. The average molecular weight is 285 g/mol. The van der Waals surface area contributed by atoms with Gasteiger partial charge in [0, 0.05) is 13.6 Å². The molecule has 2 N–H and O–H groups in total. The first kappa shape index (κ1) is 17.0. The largest absolute Gasteiger partial charge is 0.351 e. The van der Waals surface area contributed by atoms with Crippen molar-refractivity contribution in [2.75, 3.05) is 42.9 Å². The van der Waals surface area contributed by atoms with Crippen LogP contribution in [0.25, 0.3) is 0 Å². The molecule has 1 aromatic heterocycles. The molecule has 1 rings (SSSR count). The van der Waals surface area contributed by atoms with Crippen molar-refractivity contribution in [1.29, 1.82) is 0 Å². The number of hydrogen-bond acceptors (Lipinski definition) is 7. The fourth-order valence-electron chi connectivity index (χ4n) is 1.04. The number of nitrogens with zero attached hydrogens (tertiary/aromatic N) is 4. The monoisotopic (exact) mass is 284 g/mol. The second-order valence-corrected chi connectivity index (χ2v) is 3.19. The lowest BCUT2D eigenvalue weighted by molar-refractivity contribution is 0.180. The highest BCUT2D eigenvalue weighted by Gasteiger charge is 2.09. The maximum absolute atomic E-state index is 5.17. The summed E-state index contributed by atoms with van der Waals surface area (Å²) in [4.78, 5) is 17.5. The lowest BCUT2D eigenvalue weighted by atomic mass is 10.6. The van der Waals surface area contributed by atoms with Gasteiger partial charge in [-0.3, -0.25) is 4.84 Å². The Morgan fingerprint density at radius 2 is 2.00 bits per heavy atom. The number of rotatable bonds is 7. The van der Waals surface area contributed by atoms with Crippen LogP contribution >= 0.6 is 12.4 Å². The summed E-state index contributed by atoms with van der Waals surface area (Å²) < 4.78 is 0. The standard InChI is InChI=1S/C11H16N6O.ClH/c1-5-7-12-9-14-10(13-8-6-2)16-11(15-9)17(3)18-4;/h1,6H,2,7-8H2,3-4H3,(H2,12,13,14,15,16);1H. The molecule has 0 aromatic carbocycles. The van der Waals surface area contributed by atoms with E-state index in [0.29, 0.717) is 30.9 Å². The molecule has 0 bridgehead atoms. The lowest BCUT2D eigenvalue weighted by Gasteiger charge is -2.15. The third-order valence-electron chi connectivity index (χ3n) is 1.93. The third-order valence-corrected chi connectivity index (χ3v) is 1.93. The molecular weight excluding hydrogens is 268 g/mol. The van der Waals surface area contributed by atoms with Crippen molar-refractivity contribution < 1.29 is 4.84 Å². The van der Waals surface area contributed by atoms with Gasteiger partial charge in [0.2, 0.25) is 11.9 Å². The van der Waals surface area contributed by atoms with Gasteiger partial charge in [-0.2, -0.15) is 15.0 Å². The lowest BCUT2D eigenvalue weighted by Crippen LogP contribution is -2.20. The summed E-state index contributed by atoms with van der Waals surface area (Å²) in [5, 5.41) is 7.28. The van der Waals surface area contributed by atoms with Gasteiger partial charge in [-0.25, -0.2) is 5.06 Å². The fourth-order valence-corrected chi connectivity index (χ4v) is 1.04. The van der Waals surface area contributed by atoms with Gasteiger partial charge < -0.3 is 10.6 Å². The van der Waals surface area contributed by atoms with E-state index in [9.17, 15) is 0 Å². The number of hydroxylamine groups is 1. The first-order valence-corrected chi connectivity index (χ1v) is 5.27. The van der Waals surface area contributed by atoms with Crippen LogP contribution in [0, 0.1) is 12.3 Å². The Balaban J connectivity index is 0.00000324. The number of nitrogens with one attached hydrogen (secondary N) is 2. The topological polar surface area (TPSA) is 75.2 Å². The van der Waals surface area contributed by atoms with Gasteiger partial charge >= 0.3 is 0 Å². The normalized spacial score (nSPS) is 8.89. The Morgan fingerprint density at radius 1 is 1.37 bits per heavy atom. The van der Waals surface area contributed by atoms with Gasteiger partial charge in [0.05, 0.1) is 13.7 Å². The predicted octanol–water partition coefficient (Wildman–Crippen LogP) is 0.934. The highest BCUT2D eigenvalue weighted by Crippen LogP contribution is 2.12. The molecule has 0 aliphatic carbocycles. The van der Waals surface area contributed by atoms with Gasteiger partial charge in [-0.05, 0) is 0 Å². The molecule has 0 aliphatic heterocycles. The second kappa shape index (κ2) is 8.97. The molecule has 0 radical (unpaired) electrons. The van der Waals surface area contributed by atoms with Gasteiger partial charge in [0.1, 0.15) is 0 Å². The summed E-state index contributed by atoms with van der Waals surface area (Å²) in [7, 11) is 3.22. The highest BCUT2D eigenvalue weighted by molar-refractivity contribution is 5.85. The molecule has 0 aliphatic rings. The molecule has 7 nitrogen and oxygen atoms in total. The van der Waals surface area contributed by atoms with Crippen LogP contribution in [0.15, 0.2) is 12.7 Å². The van der Waals surface area contributed by atoms with Crippen molar-refractivity contribution in [2.45, 2.75) is 0 Å². The number of hydrogen-bond donors (Lipinski definition) is 2. The molecule has 19 heavy (non-hydrogen) atoms. The summed E-state index contributed by atoms with van der Waals surface area (Å²) in [6.45, 7) is 4.50. The average Bonchev–Trinajstić information content (AvgIpc) is 2.41. The van der Waals surface area contributed by atoms with E-state index in [1.54, 1.807) is 13.1 Å². The SMILES string of the molecule is C#CCNc1nc(NCC=C)nc(N(C)OC)n1.Cl. The zero-order valence-electron chi connectivity index (χ0n) is 10.9. The zero-order chi connectivity index (χ0) is 13.4. The van der Waals surface area contributed by atoms with E-state index in [1.807, 2.05) is 0 Å². The van der Waals surface area contributed by atoms with Crippen LogP contribution in [0.5, 0.6) is 0 Å². The summed E-state index contributed by atoms with van der Waals surface area (Å²) in [5.41, 5.74) is 0. The molecule has 0 amide bonds. The molecule has 1 aromatic rings. The zero-order valence-corrected chi connectivity index (χ0v) is 11.7. The maximum atomic E-state index is 5.17. The highest BCUT2D eigenvalue weighted by atomic mass is 35.5. The van der Waals surface area contributed by atoms with Crippen molar-refractivity contribution in [1.82, 2.24) is 15.0 Å². The van der Waals surface area contributed by atoms with E-state index >= 15 is 0 Å². The summed E-state index contributed by atoms with van der Waals surface area (Å²) in [6.07, 6.45) is 6.88. The maximum Gasteiger partial charge on any atom is 0.256 e. The number of anilines is 3. The molecular formula is C11H17ClN6O. The minimum absolute atomic E-state index is 0. The molecule has 0 saturated carbocycles. The number of terminal acetylenes is 1. The van der Waals surface area contributed by atoms with Crippen LogP contribution in [0.2, 0.25) is 0 Å². The summed E-state index contributed by atoms with van der Waals surface area (Å²) >= 11 is 0. The molecule has 0 spiro atoms. The van der Waals surface area contributed by atoms with Crippen LogP contribution in [-0.4, -0.2) is 42.2 Å². The van der Waals surface area contributed by atoms with Crippen molar-refractivity contribution >= 4 is 30.3 Å². The minimum atomic E-state index is 0. The van der Waals surface area contributed by atoms with Gasteiger partial charge in [0.15, 0.2) is 0 Å². The van der Waals surface area contributed by atoms with Crippen LogP contribution < -0.4 is 15.7 Å². The van der Waals surface area contributed by atoms with Crippen molar-refractivity contribution in [3.05, 3.63) is 12.7 Å². The van der Waals surface area contributed by atoms with E-state index in [0.717, 1.165) is 0 Å². The van der Waals surface area contributed by atoms with E-state index in [4.69, 9.17) is 11.3 Å². The predicted molar refractivity (Wildman–Crippen MR) is 78.5 cm³/mol. The molecule has 0 atom stereocenters. The Bertz CT molecular complexity index is 447. The first-order chi connectivity index (χ1) is 8.71. The Labute approximate surface area is 118 Å². The van der Waals surface area contributed by atoms with Crippen molar-refractivity contribution in [3.8, 4) is 12.3 Å². The first-order valence-electron chi connectivity index (χ1n) is 5.27. The van der Waals surface area contributed by atoms with Crippen LogP contribution in [-0.2, 0) is 4.84 Å². The smallest absolute Gasteiger partial charge is 0.256 e. The summed E-state index contributed by atoms with van der Waals surface area (Å²) in [6, 6.07) is 0. The fraction of sp³-hybridized carbons (Fsp3) is 0.364. The molecule has 104 valence electrons. The summed E-state index contributed by atoms with van der Waals surface area (Å²) in [5.74, 6) is 3.62. The van der Waals surface area contributed by atoms with E-state index < -0.39 is 0 Å².